The standard InChI is InChI=1S/C14H19BrN2O2/c1-10-3-4-12(15)13(9-10)16-11(2)14(18)17-5-7-19-8-6-17/h3-4,9,11,16H,5-8H2,1-2H3. The van der Waals surface area contributed by atoms with Crippen LogP contribution in [0, 0.1) is 6.92 Å². The first-order valence-electron chi connectivity index (χ1n) is 6.47. The molecule has 0 aliphatic carbocycles. The molecule has 1 fully saturated rings. The lowest BCUT2D eigenvalue weighted by Crippen LogP contribution is -2.47. The Morgan fingerprint density at radius 3 is 2.79 bits per heavy atom. The summed E-state index contributed by atoms with van der Waals surface area (Å²) in [5.41, 5.74) is 2.12. The van der Waals surface area contributed by atoms with Crippen LogP contribution in [0.4, 0.5) is 5.69 Å². The monoisotopic (exact) mass is 326 g/mol. The lowest BCUT2D eigenvalue weighted by atomic mass is 10.2. The second kappa shape index (κ2) is 6.39. The summed E-state index contributed by atoms with van der Waals surface area (Å²) in [5.74, 6) is 0.122. The maximum Gasteiger partial charge on any atom is 0.244 e. The van der Waals surface area contributed by atoms with Gasteiger partial charge in [-0.15, -0.1) is 0 Å². The molecule has 0 bridgehead atoms. The summed E-state index contributed by atoms with van der Waals surface area (Å²) in [6, 6.07) is 5.82. The number of rotatable bonds is 3. The molecule has 5 heteroatoms. The van der Waals surface area contributed by atoms with Crippen LogP contribution in [0.5, 0.6) is 0 Å². The Morgan fingerprint density at radius 1 is 1.42 bits per heavy atom. The van der Waals surface area contributed by atoms with Crippen molar-refractivity contribution in [3.05, 3.63) is 28.2 Å². The lowest BCUT2D eigenvalue weighted by molar-refractivity contribution is -0.135. The van der Waals surface area contributed by atoms with Gasteiger partial charge in [-0.2, -0.15) is 0 Å². The van der Waals surface area contributed by atoms with Crippen molar-refractivity contribution in [3.8, 4) is 0 Å². The normalized spacial score (nSPS) is 17.1. The zero-order chi connectivity index (χ0) is 13.8. The van der Waals surface area contributed by atoms with Crippen molar-refractivity contribution >= 4 is 27.5 Å². The van der Waals surface area contributed by atoms with Crippen LogP contribution < -0.4 is 5.32 Å². The summed E-state index contributed by atoms with van der Waals surface area (Å²) in [7, 11) is 0. The number of benzene rings is 1. The van der Waals surface area contributed by atoms with Crippen molar-refractivity contribution in [2.24, 2.45) is 0 Å². The zero-order valence-corrected chi connectivity index (χ0v) is 12.9. The zero-order valence-electron chi connectivity index (χ0n) is 11.3. The van der Waals surface area contributed by atoms with Gasteiger partial charge in [0.25, 0.3) is 0 Å². The van der Waals surface area contributed by atoms with Gasteiger partial charge in [0.15, 0.2) is 0 Å². The SMILES string of the molecule is Cc1ccc(Br)c(NC(C)C(=O)N2CCOCC2)c1. The molecule has 0 radical (unpaired) electrons. The third-order valence-electron chi connectivity index (χ3n) is 3.19. The molecular weight excluding hydrogens is 308 g/mol. The minimum Gasteiger partial charge on any atom is -0.378 e. The number of hydrogen-bond donors (Lipinski definition) is 1. The van der Waals surface area contributed by atoms with Gasteiger partial charge in [-0.05, 0) is 47.5 Å². The molecule has 19 heavy (non-hydrogen) atoms. The van der Waals surface area contributed by atoms with Crippen LogP contribution >= 0.6 is 15.9 Å². The first-order chi connectivity index (χ1) is 9.08. The van der Waals surface area contributed by atoms with E-state index in [0.29, 0.717) is 26.3 Å². The Hall–Kier alpha value is -1.07. The fraction of sp³-hybridized carbons (Fsp3) is 0.500. The molecule has 1 amide bonds. The van der Waals surface area contributed by atoms with Crippen molar-refractivity contribution in [1.82, 2.24) is 4.90 Å². The number of amides is 1. The van der Waals surface area contributed by atoms with E-state index in [4.69, 9.17) is 4.74 Å². The number of ether oxygens (including phenoxy) is 1. The van der Waals surface area contributed by atoms with E-state index in [1.165, 1.54) is 0 Å². The van der Waals surface area contributed by atoms with Gasteiger partial charge < -0.3 is 15.0 Å². The third-order valence-corrected chi connectivity index (χ3v) is 3.88. The minimum atomic E-state index is -0.240. The van der Waals surface area contributed by atoms with E-state index < -0.39 is 0 Å². The molecule has 104 valence electrons. The molecule has 1 heterocycles. The largest absolute Gasteiger partial charge is 0.378 e. The summed E-state index contributed by atoms with van der Waals surface area (Å²) >= 11 is 3.50. The van der Waals surface area contributed by atoms with E-state index in [9.17, 15) is 4.79 Å². The topological polar surface area (TPSA) is 41.6 Å². The number of aryl methyl sites for hydroxylation is 1. The molecule has 1 atom stereocenters. The van der Waals surface area contributed by atoms with Gasteiger partial charge >= 0.3 is 0 Å². The van der Waals surface area contributed by atoms with Crippen LogP contribution in [0.3, 0.4) is 0 Å². The number of morpholine rings is 1. The van der Waals surface area contributed by atoms with Gasteiger partial charge in [-0.1, -0.05) is 6.07 Å². The van der Waals surface area contributed by atoms with E-state index in [1.54, 1.807) is 0 Å². The number of carbonyl (C=O) groups is 1. The van der Waals surface area contributed by atoms with Gasteiger partial charge in [-0.25, -0.2) is 0 Å². The van der Waals surface area contributed by atoms with Crippen LogP contribution in [0.1, 0.15) is 12.5 Å². The highest BCUT2D eigenvalue weighted by atomic mass is 79.9. The Balaban J connectivity index is 2.01. The molecule has 1 aliphatic heterocycles. The predicted molar refractivity (Wildman–Crippen MR) is 79.4 cm³/mol. The summed E-state index contributed by atoms with van der Waals surface area (Å²) in [6.45, 7) is 6.55. The Bertz CT molecular complexity index is 459. The first kappa shape index (κ1) is 14.3. The number of hydrogen-bond acceptors (Lipinski definition) is 3. The fourth-order valence-electron chi connectivity index (χ4n) is 2.10. The second-order valence-electron chi connectivity index (χ2n) is 4.79. The number of nitrogens with zero attached hydrogens (tertiary/aromatic N) is 1. The highest BCUT2D eigenvalue weighted by Gasteiger charge is 2.22. The highest BCUT2D eigenvalue weighted by Crippen LogP contribution is 2.24. The predicted octanol–water partition coefficient (Wildman–Crippen LogP) is 2.42. The average Bonchev–Trinajstić information content (AvgIpc) is 2.43. The molecule has 1 aromatic carbocycles. The molecule has 4 nitrogen and oxygen atoms in total. The summed E-state index contributed by atoms with van der Waals surface area (Å²) in [6.07, 6.45) is 0. The second-order valence-corrected chi connectivity index (χ2v) is 5.64. The molecule has 1 saturated heterocycles. The van der Waals surface area contributed by atoms with E-state index >= 15 is 0 Å². The highest BCUT2D eigenvalue weighted by molar-refractivity contribution is 9.10. The van der Waals surface area contributed by atoms with Crippen molar-refractivity contribution in [3.63, 3.8) is 0 Å². The maximum absolute atomic E-state index is 12.3. The Kier molecular flexibility index (Phi) is 4.82. The van der Waals surface area contributed by atoms with Crippen LogP contribution in [0.25, 0.3) is 0 Å². The molecule has 0 spiro atoms. The number of halogens is 1. The van der Waals surface area contributed by atoms with E-state index in [1.807, 2.05) is 36.9 Å². The van der Waals surface area contributed by atoms with Crippen LogP contribution in [0.15, 0.2) is 22.7 Å². The van der Waals surface area contributed by atoms with Crippen molar-refractivity contribution in [1.29, 1.82) is 0 Å². The number of carbonyl (C=O) groups excluding carboxylic acids is 1. The molecule has 1 unspecified atom stereocenters. The molecule has 1 aliphatic rings. The molecule has 1 N–H and O–H groups in total. The minimum absolute atomic E-state index is 0.122. The Morgan fingerprint density at radius 2 is 2.11 bits per heavy atom. The summed E-state index contributed by atoms with van der Waals surface area (Å²) < 4.78 is 6.23. The number of anilines is 1. The van der Waals surface area contributed by atoms with E-state index in [0.717, 1.165) is 15.7 Å². The third kappa shape index (κ3) is 3.70. The fourth-order valence-corrected chi connectivity index (χ4v) is 2.46. The van der Waals surface area contributed by atoms with Crippen LogP contribution in [-0.4, -0.2) is 43.2 Å². The maximum atomic E-state index is 12.3. The Labute approximate surface area is 122 Å². The number of nitrogens with one attached hydrogen (secondary N) is 1. The van der Waals surface area contributed by atoms with Crippen LogP contribution in [-0.2, 0) is 9.53 Å². The van der Waals surface area contributed by atoms with Gasteiger partial charge in [-0.3, -0.25) is 4.79 Å². The summed E-state index contributed by atoms with van der Waals surface area (Å²) in [4.78, 5) is 14.1. The van der Waals surface area contributed by atoms with E-state index in [2.05, 4.69) is 21.2 Å². The van der Waals surface area contributed by atoms with Gasteiger partial charge in [0.05, 0.1) is 13.2 Å². The molecule has 0 saturated carbocycles. The molecule has 1 aromatic rings. The van der Waals surface area contributed by atoms with Crippen molar-refractivity contribution < 1.29 is 9.53 Å². The first-order valence-corrected chi connectivity index (χ1v) is 7.26. The molecule has 2 rings (SSSR count). The molecular formula is C14H19BrN2O2. The quantitative estimate of drug-likeness (QED) is 0.927. The van der Waals surface area contributed by atoms with Crippen molar-refractivity contribution in [2.75, 3.05) is 31.6 Å². The van der Waals surface area contributed by atoms with Gasteiger partial charge in [0, 0.05) is 23.2 Å². The van der Waals surface area contributed by atoms with Gasteiger partial charge in [0.1, 0.15) is 6.04 Å². The molecule has 0 aromatic heterocycles. The lowest BCUT2D eigenvalue weighted by Gasteiger charge is -2.30. The van der Waals surface area contributed by atoms with Crippen molar-refractivity contribution in [2.45, 2.75) is 19.9 Å². The smallest absolute Gasteiger partial charge is 0.244 e. The van der Waals surface area contributed by atoms with Gasteiger partial charge in [0.2, 0.25) is 5.91 Å². The average molecular weight is 327 g/mol. The summed E-state index contributed by atoms with van der Waals surface area (Å²) in [5, 5.41) is 3.27. The van der Waals surface area contributed by atoms with E-state index in [-0.39, 0.29) is 11.9 Å². The van der Waals surface area contributed by atoms with Crippen LogP contribution in [0.2, 0.25) is 0 Å².